The van der Waals surface area contributed by atoms with Crippen LogP contribution in [0.3, 0.4) is 0 Å². The molecule has 1 atom stereocenters. The van der Waals surface area contributed by atoms with Crippen molar-refractivity contribution in [2.24, 2.45) is 0 Å². The molecule has 0 unspecified atom stereocenters. The number of methoxy groups -OCH3 is 1. The van der Waals surface area contributed by atoms with E-state index < -0.39 is 16.1 Å². The van der Waals surface area contributed by atoms with Crippen LogP contribution in [0.1, 0.15) is 24.8 Å². The number of halogens is 1. The second-order valence-electron chi connectivity index (χ2n) is 6.93. The lowest BCUT2D eigenvalue weighted by molar-refractivity contribution is -0.125. The Morgan fingerprint density at radius 2 is 1.90 bits per heavy atom. The van der Waals surface area contributed by atoms with Gasteiger partial charge in [-0.25, -0.2) is 8.42 Å². The van der Waals surface area contributed by atoms with Crippen LogP contribution in [0.5, 0.6) is 5.75 Å². The number of ether oxygens (including phenoxy) is 1. The van der Waals surface area contributed by atoms with Crippen LogP contribution in [0, 0.1) is 0 Å². The summed E-state index contributed by atoms with van der Waals surface area (Å²) in [5.74, 6) is 0.503. The largest absolute Gasteiger partial charge is 0.496 e. The highest BCUT2D eigenvalue weighted by molar-refractivity contribution is 7.89. The van der Waals surface area contributed by atoms with Crippen LogP contribution in [-0.2, 0) is 21.2 Å². The Bertz CT molecular complexity index is 947. The average Bonchev–Trinajstić information content (AvgIpc) is 2.74. The molecule has 2 aromatic rings. The summed E-state index contributed by atoms with van der Waals surface area (Å²) in [5.41, 5.74) is 0.990. The minimum atomic E-state index is -3.77. The van der Waals surface area contributed by atoms with Gasteiger partial charge in [-0.1, -0.05) is 36.2 Å². The van der Waals surface area contributed by atoms with Crippen LogP contribution in [0.25, 0.3) is 0 Å². The number of para-hydroxylation sites is 1. The highest BCUT2D eigenvalue weighted by Crippen LogP contribution is 2.26. The summed E-state index contributed by atoms with van der Waals surface area (Å²) in [6, 6.07) is 13.0. The number of rotatable bonds is 7. The van der Waals surface area contributed by atoms with E-state index in [-0.39, 0.29) is 10.8 Å². The molecule has 1 N–H and O–H groups in total. The maximum atomic E-state index is 13.1. The fourth-order valence-electron chi connectivity index (χ4n) is 3.54. The van der Waals surface area contributed by atoms with E-state index in [0.717, 1.165) is 24.2 Å². The van der Waals surface area contributed by atoms with Gasteiger partial charge in [-0.2, -0.15) is 4.31 Å². The Morgan fingerprint density at radius 3 is 2.62 bits per heavy atom. The second kappa shape index (κ2) is 9.61. The van der Waals surface area contributed by atoms with Crippen molar-refractivity contribution in [1.29, 1.82) is 0 Å². The van der Waals surface area contributed by atoms with E-state index in [1.807, 2.05) is 24.3 Å². The molecule has 1 aliphatic rings. The van der Waals surface area contributed by atoms with Crippen molar-refractivity contribution < 1.29 is 17.9 Å². The van der Waals surface area contributed by atoms with Gasteiger partial charge >= 0.3 is 0 Å². The van der Waals surface area contributed by atoms with Crippen molar-refractivity contribution >= 4 is 27.5 Å². The van der Waals surface area contributed by atoms with E-state index in [0.29, 0.717) is 31.0 Å². The average molecular weight is 437 g/mol. The van der Waals surface area contributed by atoms with Gasteiger partial charge in [0.25, 0.3) is 0 Å². The zero-order chi connectivity index (χ0) is 20.9. The second-order valence-corrected chi connectivity index (χ2v) is 9.26. The van der Waals surface area contributed by atoms with Gasteiger partial charge < -0.3 is 10.1 Å². The summed E-state index contributed by atoms with van der Waals surface area (Å²) >= 11 is 5.87. The van der Waals surface area contributed by atoms with Crippen molar-refractivity contribution in [1.82, 2.24) is 9.62 Å². The maximum Gasteiger partial charge on any atom is 0.243 e. The van der Waals surface area contributed by atoms with Gasteiger partial charge in [-0.05, 0) is 55.2 Å². The summed E-state index contributed by atoms with van der Waals surface area (Å²) in [5, 5.41) is 3.36. The molecule has 1 saturated heterocycles. The lowest BCUT2D eigenvalue weighted by atomic mass is 10.0. The quantitative estimate of drug-likeness (QED) is 0.722. The first-order chi connectivity index (χ1) is 13.9. The minimum Gasteiger partial charge on any atom is -0.496 e. The molecule has 1 fully saturated rings. The van der Waals surface area contributed by atoms with E-state index in [9.17, 15) is 13.2 Å². The Hall–Kier alpha value is -2.09. The number of carbonyl (C=O) groups is 1. The lowest BCUT2D eigenvalue weighted by Gasteiger charge is -2.33. The summed E-state index contributed by atoms with van der Waals surface area (Å²) in [7, 11) is -2.16. The van der Waals surface area contributed by atoms with Gasteiger partial charge in [-0.15, -0.1) is 0 Å². The van der Waals surface area contributed by atoms with Crippen LogP contribution in [-0.4, -0.2) is 44.9 Å². The standard InChI is InChI=1S/C21H25ClN2O4S/c1-28-20-8-3-2-6-16(20)13-14-23-21(25)19-7-4-5-15-24(19)29(26,27)18-11-9-17(22)10-12-18/h2-3,6,8-12,19H,4-5,7,13-15H2,1H3,(H,23,25)/t19-/m0/s1. The molecule has 0 aliphatic carbocycles. The highest BCUT2D eigenvalue weighted by atomic mass is 35.5. The predicted octanol–water partition coefficient (Wildman–Crippen LogP) is 3.25. The topological polar surface area (TPSA) is 75.7 Å². The first-order valence-electron chi connectivity index (χ1n) is 9.60. The van der Waals surface area contributed by atoms with E-state index in [4.69, 9.17) is 16.3 Å². The summed E-state index contributed by atoms with van der Waals surface area (Å²) < 4.78 is 32.8. The number of sulfonamides is 1. The van der Waals surface area contributed by atoms with E-state index in [2.05, 4.69) is 5.32 Å². The monoisotopic (exact) mass is 436 g/mol. The predicted molar refractivity (Wildman–Crippen MR) is 113 cm³/mol. The van der Waals surface area contributed by atoms with Gasteiger partial charge in [0.05, 0.1) is 12.0 Å². The molecule has 29 heavy (non-hydrogen) atoms. The molecule has 0 spiro atoms. The smallest absolute Gasteiger partial charge is 0.243 e. The van der Waals surface area contributed by atoms with E-state index in [1.54, 1.807) is 19.2 Å². The van der Waals surface area contributed by atoms with Crippen molar-refractivity contribution in [3.8, 4) is 5.75 Å². The van der Waals surface area contributed by atoms with Gasteiger partial charge in [0, 0.05) is 18.1 Å². The van der Waals surface area contributed by atoms with Crippen LogP contribution in [0.4, 0.5) is 0 Å². The van der Waals surface area contributed by atoms with Gasteiger partial charge in [0.15, 0.2) is 0 Å². The number of piperidine rings is 1. The van der Waals surface area contributed by atoms with Crippen LogP contribution in [0.2, 0.25) is 5.02 Å². The molecule has 0 radical (unpaired) electrons. The fraction of sp³-hybridized carbons (Fsp3) is 0.381. The van der Waals surface area contributed by atoms with Crippen molar-refractivity contribution in [2.75, 3.05) is 20.2 Å². The Kier molecular flexibility index (Phi) is 7.16. The van der Waals surface area contributed by atoms with E-state index >= 15 is 0 Å². The normalized spacial score (nSPS) is 17.7. The SMILES string of the molecule is COc1ccccc1CCNC(=O)[C@@H]1CCCCN1S(=O)(=O)c1ccc(Cl)cc1. The number of nitrogens with one attached hydrogen (secondary N) is 1. The number of nitrogens with zero attached hydrogens (tertiary/aromatic N) is 1. The van der Waals surface area contributed by atoms with Crippen molar-refractivity contribution in [3.63, 3.8) is 0 Å². The number of benzene rings is 2. The van der Waals surface area contributed by atoms with Gasteiger partial charge in [0.2, 0.25) is 15.9 Å². The van der Waals surface area contributed by atoms with Crippen LogP contribution >= 0.6 is 11.6 Å². The summed E-state index contributed by atoms with van der Waals surface area (Å²) in [6.07, 6.45) is 2.66. The molecule has 1 aliphatic heterocycles. The number of hydrogen-bond acceptors (Lipinski definition) is 4. The third-order valence-corrected chi connectivity index (χ3v) is 7.24. The highest BCUT2D eigenvalue weighted by Gasteiger charge is 2.37. The first-order valence-corrected chi connectivity index (χ1v) is 11.4. The first kappa shape index (κ1) is 21.6. The molecule has 6 nitrogen and oxygen atoms in total. The molecule has 156 valence electrons. The molecular formula is C21H25ClN2O4S. The molecule has 1 heterocycles. The fourth-order valence-corrected chi connectivity index (χ4v) is 5.33. The Morgan fingerprint density at radius 1 is 1.17 bits per heavy atom. The summed E-state index contributed by atoms with van der Waals surface area (Å²) in [4.78, 5) is 13.0. The molecule has 2 aromatic carbocycles. The van der Waals surface area contributed by atoms with Gasteiger partial charge in [-0.3, -0.25) is 4.79 Å². The molecular weight excluding hydrogens is 412 g/mol. The summed E-state index contributed by atoms with van der Waals surface area (Å²) in [6.45, 7) is 0.736. The molecule has 3 rings (SSSR count). The molecule has 1 amide bonds. The zero-order valence-corrected chi connectivity index (χ0v) is 17.9. The lowest BCUT2D eigenvalue weighted by Crippen LogP contribution is -2.52. The van der Waals surface area contributed by atoms with Crippen LogP contribution in [0.15, 0.2) is 53.4 Å². The van der Waals surface area contributed by atoms with Crippen molar-refractivity contribution in [2.45, 2.75) is 36.6 Å². The number of hydrogen-bond donors (Lipinski definition) is 1. The number of carbonyl (C=O) groups excluding carboxylic acids is 1. The van der Waals surface area contributed by atoms with E-state index in [1.165, 1.54) is 16.4 Å². The molecule has 0 aromatic heterocycles. The molecule has 8 heteroatoms. The third-order valence-electron chi connectivity index (χ3n) is 5.06. The Balaban J connectivity index is 1.68. The third kappa shape index (κ3) is 5.10. The van der Waals surface area contributed by atoms with Crippen LogP contribution < -0.4 is 10.1 Å². The Labute approximate surface area is 176 Å². The van der Waals surface area contributed by atoms with Crippen molar-refractivity contribution in [3.05, 3.63) is 59.1 Å². The maximum absolute atomic E-state index is 13.1. The zero-order valence-electron chi connectivity index (χ0n) is 16.3. The molecule has 0 bridgehead atoms. The molecule has 0 saturated carbocycles. The number of amides is 1. The minimum absolute atomic E-state index is 0.149. The van der Waals surface area contributed by atoms with Gasteiger partial charge in [0.1, 0.15) is 11.8 Å².